The van der Waals surface area contributed by atoms with Crippen molar-refractivity contribution in [2.24, 2.45) is 0 Å². The van der Waals surface area contributed by atoms with Gasteiger partial charge in [0, 0.05) is 6.07 Å². The lowest BCUT2D eigenvalue weighted by atomic mass is 10.3. The first kappa shape index (κ1) is 11.5. The first-order chi connectivity index (χ1) is 7.93. The van der Waals surface area contributed by atoms with Gasteiger partial charge in [-0.3, -0.25) is 0 Å². The van der Waals surface area contributed by atoms with Gasteiger partial charge in [0.2, 0.25) is 0 Å². The van der Waals surface area contributed by atoms with E-state index in [0.29, 0.717) is 0 Å². The van der Waals surface area contributed by atoms with E-state index >= 15 is 0 Å². The number of carbonyl (C=O) groups is 1. The summed E-state index contributed by atoms with van der Waals surface area (Å²) in [4.78, 5) is 10.5. The van der Waals surface area contributed by atoms with Crippen LogP contribution >= 0.6 is 0 Å². The number of nitrogens with zero attached hydrogens (tertiary/aromatic N) is 1. The minimum atomic E-state index is -4.19. The molecule has 0 saturated heterocycles. The van der Waals surface area contributed by atoms with Crippen LogP contribution in [0, 0.1) is 0 Å². The third-order valence-corrected chi connectivity index (χ3v) is 4.05. The first-order valence-corrected chi connectivity index (χ1v) is 6.08. The van der Waals surface area contributed by atoms with E-state index in [1.807, 2.05) is 0 Å². The molecule has 0 spiro atoms. The van der Waals surface area contributed by atoms with Crippen molar-refractivity contribution < 1.29 is 28.2 Å². The molecule has 0 saturated carbocycles. The van der Waals surface area contributed by atoms with Crippen molar-refractivity contribution in [3.63, 3.8) is 0 Å². The van der Waals surface area contributed by atoms with Gasteiger partial charge < -0.3 is 14.9 Å². The van der Waals surface area contributed by atoms with Gasteiger partial charge in [-0.15, -0.1) is 0 Å². The predicted octanol–water partition coefficient (Wildman–Crippen LogP) is 0.453. The maximum atomic E-state index is 12.0. The molecule has 7 nitrogen and oxygen atoms in total. The Balaban J connectivity index is 2.64. The first-order valence-electron chi connectivity index (χ1n) is 4.64. The molecule has 0 aliphatic carbocycles. The molecule has 1 aliphatic rings. The Kier molecular flexibility index (Phi) is 2.58. The van der Waals surface area contributed by atoms with E-state index in [-0.39, 0.29) is 33.9 Å². The quantitative estimate of drug-likeness (QED) is 0.701. The van der Waals surface area contributed by atoms with Gasteiger partial charge in [-0.25, -0.2) is 13.2 Å². The van der Waals surface area contributed by atoms with Crippen LogP contribution in [0.15, 0.2) is 23.1 Å². The van der Waals surface area contributed by atoms with Gasteiger partial charge >= 0.3 is 6.09 Å². The van der Waals surface area contributed by atoms with E-state index in [2.05, 4.69) is 0 Å². The standard InChI is InChI=1S/C9H9NO6S/c11-6-1-2-7-8(5-6)17(14,15)10(9(12)13)3-4-16-7/h1-2,5,11H,3-4H2,(H,12,13). The van der Waals surface area contributed by atoms with Crippen LogP contribution in [0.5, 0.6) is 11.5 Å². The average molecular weight is 259 g/mol. The molecule has 1 heterocycles. The number of benzene rings is 1. The van der Waals surface area contributed by atoms with E-state index in [0.717, 1.165) is 6.07 Å². The molecule has 8 heteroatoms. The molecule has 1 amide bonds. The second-order valence-electron chi connectivity index (χ2n) is 3.34. The number of ether oxygens (including phenoxy) is 1. The largest absolute Gasteiger partial charge is 0.508 e. The second kappa shape index (κ2) is 3.81. The summed E-state index contributed by atoms with van der Waals surface area (Å²) in [6.07, 6.45) is -1.58. The zero-order chi connectivity index (χ0) is 12.6. The molecule has 2 rings (SSSR count). The van der Waals surface area contributed by atoms with Crippen molar-refractivity contribution in [3.8, 4) is 11.5 Å². The minimum Gasteiger partial charge on any atom is -0.508 e. The normalized spacial score (nSPS) is 17.8. The third kappa shape index (κ3) is 1.86. The number of hydrogen-bond acceptors (Lipinski definition) is 5. The van der Waals surface area contributed by atoms with Crippen molar-refractivity contribution in [3.05, 3.63) is 18.2 Å². The highest BCUT2D eigenvalue weighted by Gasteiger charge is 2.34. The van der Waals surface area contributed by atoms with Crippen molar-refractivity contribution >= 4 is 16.1 Å². The molecule has 1 aromatic rings. The van der Waals surface area contributed by atoms with Crippen LogP contribution in [0.2, 0.25) is 0 Å². The van der Waals surface area contributed by atoms with Gasteiger partial charge in [0.25, 0.3) is 10.0 Å². The van der Waals surface area contributed by atoms with Gasteiger partial charge in [0.1, 0.15) is 23.0 Å². The van der Waals surface area contributed by atoms with Crippen LogP contribution in [-0.4, -0.2) is 42.2 Å². The number of amides is 1. The Bertz CT molecular complexity index is 567. The number of sulfonamides is 1. The molecule has 0 atom stereocenters. The summed E-state index contributed by atoms with van der Waals surface area (Å²) < 4.78 is 29.4. The summed E-state index contributed by atoms with van der Waals surface area (Å²) in [6, 6.07) is 3.52. The van der Waals surface area contributed by atoms with Crippen LogP contribution in [-0.2, 0) is 10.0 Å². The molecule has 92 valence electrons. The third-order valence-electron chi connectivity index (χ3n) is 2.26. The van der Waals surface area contributed by atoms with Crippen molar-refractivity contribution in [1.29, 1.82) is 0 Å². The highest BCUT2D eigenvalue weighted by Crippen LogP contribution is 2.32. The van der Waals surface area contributed by atoms with Gasteiger partial charge in [-0.1, -0.05) is 0 Å². The maximum absolute atomic E-state index is 12.0. The Labute approximate surface area is 96.9 Å². The van der Waals surface area contributed by atoms with Gasteiger partial charge in [-0.2, -0.15) is 4.31 Å². The van der Waals surface area contributed by atoms with E-state index in [1.54, 1.807) is 0 Å². The average Bonchev–Trinajstić information content (AvgIpc) is 2.36. The molecule has 1 aromatic carbocycles. The Morgan fingerprint density at radius 1 is 1.41 bits per heavy atom. The predicted molar refractivity (Wildman–Crippen MR) is 55.5 cm³/mol. The van der Waals surface area contributed by atoms with Crippen LogP contribution in [0.25, 0.3) is 0 Å². The second-order valence-corrected chi connectivity index (χ2v) is 5.17. The molecule has 17 heavy (non-hydrogen) atoms. The van der Waals surface area contributed by atoms with Gasteiger partial charge in [0.15, 0.2) is 0 Å². The summed E-state index contributed by atoms with van der Waals surface area (Å²) in [5.41, 5.74) is 0. The lowest BCUT2D eigenvalue weighted by molar-refractivity contribution is 0.167. The number of carboxylic acid groups (broad SMARTS) is 1. The number of aromatic hydroxyl groups is 1. The van der Waals surface area contributed by atoms with E-state index in [1.165, 1.54) is 12.1 Å². The van der Waals surface area contributed by atoms with Crippen molar-refractivity contribution in [2.45, 2.75) is 4.90 Å². The summed E-state index contributed by atoms with van der Waals surface area (Å²) in [6.45, 7) is -0.351. The number of fused-ring (bicyclic) bond motifs is 1. The Hall–Kier alpha value is -1.96. The van der Waals surface area contributed by atoms with Crippen molar-refractivity contribution in [1.82, 2.24) is 4.31 Å². The molecular weight excluding hydrogens is 250 g/mol. The Morgan fingerprint density at radius 2 is 2.12 bits per heavy atom. The fourth-order valence-electron chi connectivity index (χ4n) is 1.49. The van der Waals surface area contributed by atoms with Crippen LogP contribution in [0.1, 0.15) is 0 Å². The molecule has 0 fully saturated rings. The number of rotatable bonds is 0. The molecular formula is C9H9NO6S. The number of phenolic OH excluding ortho intramolecular Hbond substituents is 1. The summed E-state index contributed by atoms with van der Waals surface area (Å²) in [7, 11) is -4.19. The summed E-state index contributed by atoms with van der Waals surface area (Å²) in [5, 5.41) is 18.1. The fourth-order valence-corrected chi connectivity index (χ4v) is 2.90. The van der Waals surface area contributed by atoms with Crippen molar-refractivity contribution in [2.75, 3.05) is 13.2 Å². The smallest absolute Gasteiger partial charge is 0.421 e. The maximum Gasteiger partial charge on any atom is 0.421 e. The highest BCUT2D eigenvalue weighted by atomic mass is 32.2. The van der Waals surface area contributed by atoms with E-state index in [4.69, 9.17) is 9.84 Å². The lowest BCUT2D eigenvalue weighted by Crippen LogP contribution is -2.36. The zero-order valence-electron chi connectivity index (χ0n) is 8.53. The highest BCUT2D eigenvalue weighted by molar-refractivity contribution is 7.89. The van der Waals surface area contributed by atoms with E-state index < -0.39 is 16.1 Å². The fraction of sp³-hybridized carbons (Fsp3) is 0.222. The van der Waals surface area contributed by atoms with Crippen LogP contribution in [0.4, 0.5) is 4.79 Å². The molecule has 0 aromatic heterocycles. The van der Waals surface area contributed by atoms with Gasteiger partial charge in [-0.05, 0) is 12.1 Å². The summed E-state index contributed by atoms with van der Waals surface area (Å²) in [5.74, 6) is -0.241. The number of hydrogen-bond donors (Lipinski definition) is 2. The molecule has 0 unspecified atom stereocenters. The van der Waals surface area contributed by atoms with Crippen LogP contribution < -0.4 is 4.74 Å². The summed E-state index contributed by atoms with van der Waals surface area (Å²) >= 11 is 0. The number of phenols is 1. The lowest BCUT2D eigenvalue weighted by Gasteiger charge is -2.15. The Morgan fingerprint density at radius 3 is 2.76 bits per heavy atom. The zero-order valence-corrected chi connectivity index (χ0v) is 9.35. The SMILES string of the molecule is O=C(O)N1CCOc2ccc(O)cc2S1(=O)=O. The molecule has 1 aliphatic heterocycles. The van der Waals surface area contributed by atoms with Gasteiger partial charge in [0.05, 0.1) is 6.54 Å². The van der Waals surface area contributed by atoms with E-state index in [9.17, 15) is 18.3 Å². The molecule has 0 radical (unpaired) electrons. The molecule has 2 N–H and O–H groups in total. The minimum absolute atomic E-state index is 0.0338. The van der Waals surface area contributed by atoms with Crippen LogP contribution in [0.3, 0.4) is 0 Å². The topological polar surface area (TPSA) is 104 Å². The molecule has 0 bridgehead atoms. The monoisotopic (exact) mass is 259 g/mol.